The van der Waals surface area contributed by atoms with Gasteiger partial charge in [-0.25, -0.2) is 4.79 Å². The van der Waals surface area contributed by atoms with E-state index in [1.807, 2.05) is 57.2 Å². The van der Waals surface area contributed by atoms with Gasteiger partial charge in [0.25, 0.3) is 0 Å². The van der Waals surface area contributed by atoms with Gasteiger partial charge in [0.2, 0.25) is 0 Å². The Kier molecular flexibility index (Phi) is 5.59. The first kappa shape index (κ1) is 19.4. The molecular formula is C24H23NO3. The second-order valence-corrected chi connectivity index (χ2v) is 6.78. The fourth-order valence-corrected chi connectivity index (χ4v) is 3.43. The lowest BCUT2D eigenvalue weighted by atomic mass is 9.93. The molecule has 0 radical (unpaired) electrons. The molecule has 0 aliphatic heterocycles. The van der Waals surface area contributed by atoms with Gasteiger partial charge in [-0.05, 0) is 44.0 Å². The molecule has 4 heteroatoms. The molecule has 4 nitrogen and oxygen atoms in total. The summed E-state index contributed by atoms with van der Waals surface area (Å²) < 4.78 is 5.81. The smallest absolute Gasteiger partial charge is 0.344 e. The molecule has 1 aliphatic rings. The van der Waals surface area contributed by atoms with Crippen LogP contribution in [-0.2, 0) is 9.59 Å². The van der Waals surface area contributed by atoms with Crippen molar-refractivity contribution in [2.75, 3.05) is 12.4 Å². The predicted octanol–water partition coefficient (Wildman–Crippen LogP) is 4.71. The molecule has 2 aromatic rings. The number of aryl methyl sites for hydroxylation is 3. The predicted molar refractivity (Wildman–Crippen MR) is 112 cm³/mol. The van der Waals surface area contributed by atoms with Gasteiger partial charge < -0.3 is 10.1 Å². The van der Waals surface area contributed by atoms with Crippen LogP contribution in [0.5, 0.6) is 5.75 Å². The number of carbonyl (C=O) groups is 2. The van der Waals surface area contributed by atoms with Gasteiger partial charge in [0.15, 0.2) is 5.78 Å². The summed E-state index contributed by atoms with van der Waals surface area (Å²) >= 11 is 0. The van der Waals surface area contributed by atoms with Crippen LogP contribution >= 0.6 is 0 Å². The molecule has 0 aromatic heterocycles. The number of ketones is 1. The number of para-hydroxylation sites is 1. The quantitative estimate of drug-likeness (QED) is 0.479. The Morgan fingerprint density at radius 3 is 2.25 bits per heavy atom. The summed E-state index contributed by atoms with van der Waals surface area (Å²) in [6.07, 6.45) is 6.51. The van der Waals surface area contributed by atoms with Crippen molar-refractivity contribution in [3.8, 4) is 5.75 Å². The third kappa shape index (κ3) is 3.81. The van der Waals surface area contributed by atoms with Crippen molar-refractivity contribution in [3.63, 3.8) is 0 Å². The normalized spacial score (nSPS) is 14.8. The number of hydrogen-bond donors (Lipinski definition) is 1. The first-order valence-corrected chi connectivity index (χ1v) is 9.13. The van der Waals surface area contributed by atoms with Crippen LogP contribution in [0.4, 0.5) is 5.69 Å². The molecule has 0 spiro atoms. The largest absolute Gasteiger partial charge is 0.422 e. The van der Waals surface area contributed by atoms with Crippen molar-refractivity contribution in [1.82, 2.24) is 0 Å². The van der Waals surface area contributed by atoms with Crippen LogP contribution in [0, 0.1) is 20.8 Å². The van der Waals surface area contributed by atoms with Crippen LogP contribution in [0.1, 0.15) is 22.3 Å². The van der Waals surface area contributed by atoms with E-state index in [4.69, 9.17) is 4.74 Å². The van der Waals surface area contributed by atoms with Gasteiger partial charge in [-0.1, -0.05) is 54.1 Å². The second-order valence-electron chi connectivity index (χ2n) is 6.78. The van der Waals surface area contributed by atoms with Gasteiger partial charge in [0, 0.05) is 23.9 Å². The van der Waals surface area contributed by atoms with Gasteiger partial charge >= 0.3 is 5.97 Å². The SMILES string of the molecule is CNc1ccccc1/C(C(=O)Oc1c(C)cc(C)cc1C)=C1/C=CC=CC1=O. The number of rotatable bonds is 4. The zero-order valence-electron chi connectivity index (χ0n) is 16.5. The molecule has 142 valence electrons. The summed E-state index contributed by atoms with van der Waals surface area (Å²) in [4.78, 5) is 25.8. The molecule has 1 aliphatic carbocycles. The highest BCUT2D eigenvalue weighted by atomic mass is 16.5. The number of allylic oxidation sites excluding steroid dienone is 5. The molecule has 0 bridgehead atoms. The highest BCUT2D eigenvalue weighted by Crippen LogP contribution is 2.32. The molecule has 0 fully saturated rings. The van der Waals surface area contributed by atoms with Crippen LogP contribution in [-0.4, -0.2) is 18.8 Å². The Hall–Kier alpha value is -3.40. The molecule has 0 saturated carbocycles. The van der Waals surface area contributed by atoms with Crippen molar-refractivity contribution in [3.05, 3.63) is 88.5 Å². The fourth-order valence-electron chi connectivity index (χ4n) is 3.43. The minimum absolute atomic E-state index is 0.224. The summed E-state index contributed by atoms with van der Waals surface area (Å²) in [5.74, 6) is -0.253. The van der Waals surface area contributed by atoms with Crippen LogP contribution in [0.15, 0.2) is 66.3 Å². The fraction of sp³-hybridized carbons (Fsp3) is 0.167. The monoisotopic (exact) mass is 373 g/mol. The van der Waals surface area contributed by atoms with Gasteiger partial charge in [-0.15, -0.1) is 0 Å². The Morgan fingerprint density at radius 2 is 1.61 bits per heavy atom. The minimum Gasteiger partial charge on any atom is -0.422 e. The molecule has 3 rings (SSSR count). The zero-order valence-corrected chi connectivity index (χ0v) is 16.5. The molecule has 0 saturated heterocycles. The summed E-state index contributed by atoms with van der Waals surface area (Å²) in [7, 11) is 1.78. The topological polar surface area (TPSA) is 55.4 Å². The number of ether oxygens (including phenoxy) is 1. The Labute approximate surface area is 165 Å². The minimum atomic E-state index is -0.555. The van der Waals surface area contributed by atoms with Gasteiger partial charge in [-0.2, -0.15) is 0 Å². The number of anilines is 1. The first-order chi connectivity index (χ1) is 13.4. The lowest BCUT2D eigenvalue weighted by Crippen LogP contribution is -2.17. The van der Waals surface area contributed by atoms with Crippen LogP contribution in [0.25, 0.3) is 5.57 Å². The lowest BCUT2D eigenvalue weighted by Gasteiger charge is -2.17. The summed E-state index contributed by atoms with van der Waals surface area (Å²) in [6, 6.07) is 11.3. The van der Waals surface area contributed by atoms with E-state index in [1.54, 1.807) is 25.3 Å². The maximum absolute atomic E-state index is 13.3. The molecule has 1 N–H and O–H groups in total. The molecule has 28 heavy (non-hydrogen) atoms. The number of esters is 1. The van der Waals surface area contributed by atoms with E-state index in [0.29, 0.717) is 16.9 Å². The molecule has 0 heterocycles. The van der Waals surface area contributed by atoms with Crippen LogP contribution in [0.2, 0.25) is 0 Å². The number of nitrogens with one attached hydrogen (secondary N) is 1. The van der Waals surface area contributed by atoms with Crippen molar-refractivity contribution >= 4 is 23.0 Å². The number of hydrogen-bond acceptors (Lipinski definition) is 4. The molecule has 2 aromatic carbocycles. The van der Waals surface area contributed by atoms with Crippen molar-refractivity contribution in [1.29, 1.82) is 0 Å². The van der Waals surface area contributed by atoms with E-state index >= 15 is 0 Å². The van der Waals surface area contributed by atoms with E-state index in [-0.39, 0.29) is 11.4 Å². The highest BCUT2D eigenvalue weighted by Gasteiger charge is 2.25. The average molecular weight is 373 g/mol. The number of benzene rings is 2. The maximum Gasteiger partial charge on any atom is 0.344 e. The molecule has 0 amide bonds. The van der Waals surface area contributed by atoms with E-state index in [9.17, 15) is 9.59 Å². The first-order valence-electron chi connectivity index (χ1n) is 9.13. The standard InChI is InChI=1S/C24H23NO3/c1-15-13-16(2)23(17(3)14-15)28-24(27)22(19-10-6-8-12-21(19)26)18-9-5-7-11-20(18)25-4/h5-14,25H,1-4H3/b22-19+. The Bertz CT molecular complexity index is 1020. The zero-order chi connectivity index (χ0) is 20.3. The summed E-state index contributed by atoms with van der Waals surface area (Å²) in [6.45, 7) is 5.82. The van der Waals surface area contributed by atoms with E-state index in [1.165, 1.54) is 6.08 Å². The molecular weight excluding hydrogens is 350 g/mol. The van der Waals surface area contributed by atoms with Gasteiger partial charge in [0.05, 0.1) is 5.57 Å². The Balaban J connectivity index is 2.15. The summed E-state index contributed by atoms with van der Waals surface area (Å²) in [5.41, 5.74) is 4.79. The maximum atomic E-state index is 13.3. The van der Waals surface area contributed by atoms with Crippen molar-refractivity contribution < 1.29 is 14.3 Å². The lowest BCUT2D eigenvalue weighted by molar-refractivity contribution is -0.128. The van der Waals surface area contributed by atoms with Gasteiger partial charge in [-0.3, -0.25) is 4.79 Å². The van der Waals surface area contributed by atoms with E-state index in [0.717, 1.165) is 22.4 Å². The Morgan fingerprint density at radius 1 is 0.964 bits per heavy atom. The van der Waals surface area contributed by atoms with Gasteiger partial charge in [0.1, 0.15) is 5.75 Å². The third-order valence-electron chi connectivity index (χ3n) is 4.63. The van der Waals surface area contributed by atoms with E-state index in [2.05, 4.69) is 5.32 Å². The second kappa shape index (κ2) is 8.09. The van der Waals surface area contributed by atoms with Crippen molar-refractivity contribution in [2.24, 2.45) is 0 Å². The average Bonchev–Trinajstić information content (AvgIpc) is 2.67. The molecule has 0 atom stereocenters. The van der Waals surface area contributed by atoms with Crippen LogP contribution in [0.3, 0.4) is 0 Å². The van der Waals surface area contributed by atoms with Crippen molar-refractivity contribution in [2.45, 2.75) is 20.8 Å². The molecule has 0 unspecified atom stereocenters. The third-order valence-corrected chi connectivity index (χ3v) is 4.63. The number of carbonyl (C=O) groups excluding carboxylic acids is 2. The van der Waals surface area contributed by atoms with Crippen LogP contribution < -0.4 is 10.1 Å². The summed E-state index contributed by atoms with van der Waals surface area (Å²) in [5, 5.41) is 3.08. The highest BCUT2D eigenvalue weighted by molar-refractivity contribution is 6.28. The van der Waals surface area contributed by atoms with E-state index < -0.39 is 5.97 Å².